The highest BCUT2D eigenvalue weighted by molar-refractivity contribution is 6.77. The molecule has 1 saturated heterocycles. The van der Waals surface area contributed by atoms with E-state index >= 15 is 0 Å². The van der Waals surface area contributed by atoms with Crippen molar-refractivity contribution in [3.8, 4) is 0 Å². The molecule has 1 heterocycles. The number of hydrogen-bond acceptors (Lipinski definition) is 2. The van der Waals surface area contributed by atoms with Crippen molar-refractivity contribution in [2.75, 3.05) is 0 Å². The molecule has 0 bridgehead atoms. The smallest absolute Gasteiger partial charge is 0.308 e. The van der Waals surface area contributed by atoms with E-state index in [0.29, 0.717) is 0 Å². The third-order valence-corrected chi connectivity index (χ3v) is 6.87. The summed E-state index contributed by atoms with van der Waals surface area (Å²) in [5.41, 5.74) is 0. The minimum Gasteiger partial charge on any atom is -0.462 e. The van der Waals surface area contributed by atoms with E-state index in [2.05, 4.69) is 13.1 Å². The molecule has 1 unspecified atom stereocenters. The lowest BCUT2D eigenvalue weighted by molar-refractivity contribution is -0.154. The Labute approximate surface area is 94.4 Å². The van der Waals surface area contributed by atoms with Crippen molar-refractivity contribution in [2.45, 2.75) is 64.4 Å². The van der Waals surface area contributed by atoms with Crippen LogP contribution in [0.1, 0.15) is 33.1 Å². The van der Waals surface area contributed by atoms with E-state index < -0.39 is 8.07 Å². The molecule has 0 spiro atoms. The van der Waals surface area contributed by atoms with E-state index in [1.165, 1.54) is 12.1 Å². The maximum absolute atomic E-state index is 11.6. The summed E-state index contributed by atoms with van der Waals surface area (Å²) in [6.45, 7) is 8.84. The molecule has 0 aromatic rings. The predicted octanol–water partition coefficient (Wildman–Crippen LogP) is 3.45. The number of rotatable bonds is 3. The Morgan fingerprint density at radius 1 is 1.40 bits per heavy atom. The first kappa shape index (κ1) is 12.8. The van der Waals surface area contributed by atoms with Crippen LogP contribution in [0.3, 0.4) is 0 Å². The van der Waals surface area contributed by atoms with Crippen molar-refractivity contribution in [2.24, 2.45) is 5.92 Å². The molecular weight excluding hydrogens is 204 g/mol. The van der Waals surface area contributed by atoms with Gasteiger partial charge in [-0.25, -0.2) is 0 Å². The quantitative estimate of drug-likeness (QED) is 0.546. The van der Waals surface area contributed by atoms with Crippen LogP contribution in [0.5, 0.6) is 0 Å². The summed E-state index contributed by atoms with van der Waals surface area (Å²) >= 11 is 0. The Kier molecular flexibility index (Phi) is 4.38. The molecule has 1 aliphatic heterocycles. The van der Waals surface area contributed by atoms with Crippen LogP contribution < -0.4 is 0 Å². The van der Waals surface area contributed by atoms with Gasteiger partial charge in [0.25, 0.3) is 0 Å². The lowest BCUT2D eigenvalue weighted by Gasteiger charge is -2.32. The van der Waals surface area contributed by atoms with Gasteiger partial charge < -0.3 is 4.74 Å². The van der Waals surface area contributed by atoms with E-state index in [9.17, 15) is 4.79 Å². The van der Waals surface area contributed by atoms with Gasteiger partial charge in [-0.05, 0) is 19.3 Å². The van der Waals surface area contributed by atoms with Crippen LogP contribution >= 0.6 is 0 Å². The third-order valence-electron chi connectivity index (χ3n) is 3.58. The van der Waals surface area contributed by atoms with E-state index in [1.54, 1.807) is 0 Å². The SMILES string of the molecule is CCC(C)C(=O)OC1CC[Si](C)(C)CC1. The Bertz CT molecular complexity index is 216. The number of carbonyl (C=O) groups is 1. The van der Waals surface area contributed by atoms with Crippen LogP contribution in [-0.4, -0.2) is 20.1 Å². The highest BCUT2D eigenvalue weighted by Crippen LogP contribution is 2.30. The van der Waals surface area contributed by atoms with Gasteiger partial charge in [0.2, 0.25) is 0 Å². The molecule has 0 amide bonds. The number of ether oxygens (including phenoxy) is 1. The zero-order valence-corrected chi connectivity index (χ0v) is 11.5. The molecule has 88 valence electrons. The minimum absolute atomic E-state index is 0.00359. The van der Waals surface area contributed by atoms with E-state index in [-0.39, 0.29) is 18.0 Å². The number of carbonyl (C=O) groups excluding carboxylic acids is 1. The standard InChI is InChI=1S/C12H24O2Si/c1-5-10(2)12(13)14-11-6-8-15(3,4)9-7-11/h10-11H,5-9H2,1-4H3. The molecule has 0 radical (unpaired) electrons. The van der Waals surface area contributed by atoms with Crippen molar-refractivity contribution in [1.29, 1.82) is 0 Å². The van der Waals surface area contributed by atoms with Crippen LogP contribution in [0, 0.1) is 5.92 Å². The summed E-state index contributed by atoms with van der Waals surface area (Å²) in [7, 11) is -0.910. The molecule has 0 aromatic carbocycles. The molecule has 1 atom stereocenters. The maximum atomic E-state index is 11.6. The van der Waals surface area contributed by atoms with Gasteiger partial charge in [0.15, 0.2) is 0 Å². The summed E-state index contributed by atoms with van der Waals surface area (Å²) in [6, 6.07) is 2.62. The molecule has 0 aliphatic carbocycles. The Morgan fingerprint density at radius 2 is 1.93 bits per heavy atom. The third kappa shape index (κ3) is 3.97. The van der Waals surface area contributed by atoms with Gasteiger partial charge in [0.05, 0.1) is 5.92 Å². The van der Waals surface area contributed by atoms with Gasteiger partial charge in [-0.3, -0.25) is 4.79 Å². The van der Waals surface area contributed by atoms with Crippen molar-refractivity contribution < 1.29 is 9.53 Å². The Morgan fingerprint density at radius 3 is 2.40 bits per heavy atom. The fraction of sp³-hybridized carbons (Fsp3) is 0.917. The topological polar surface area (TPSA) is 26.3 Å². The largest absolute Gasteiger partial charge is 0.462 e. The summed E-state index contributed by atoms with van der Waals surface area (Å²) in [4.78, 5) is 11.6. The number of hydrogen-bond donors (Lipinski definition) is 0. The molecule has 3 heteroatoms. The normalized spacial score (nSPS) is 23.5. The minimum atomic E-state index is -0.910. The number of esters is 1. The second-order valence-corrected chi connectivity index (χ2v) is 10.9. The van der Waals surface area contributed by atoms with E-state index in [4.69, 9.17) is 4.74 Å². The van der Waals surface area contributed by atoms with Crippen molar-refractivity contribution in [3.63, 3.8) is 0 Å². The van der Waals surface area contributed by atoms with Crippen LogP contribution in [-0.2, 0) is 9.53 Å². The predicted molar refractivity (Wildman–Crippen MR) is 65.7 cm³/mol. The van der Waals surface area contributed by atoms with Crippen LogP contribution in [0.25, 0.3) is 0 Å². The Hall–Kier alpha value is -0.313. The molecule has 0 N–H and O–H groups in total. The average molecular weight is 228 g/mol. The summed E-state index contributed by atoms with van der Waals surface area (Å²) in [5.74, 6) is 0.0704. The molecule has 0 aromatic heterocycles. The van der Waals surface area contributed by atoms with Gasteiger partial charge in [0.1, 0.15) is 6.10 Å². The molecule has 0 saturated carbocycles. The molecule has 1 aliphatic rings. The van der Waals surface area contributed by atoms with Crippen molar-refractivity contribution >= 4 is 14.0 Å². The van der Waals surface area contributed by atoms with Gasteiger partial charge >= 0.3 is 5.97 Å². The summed E-state index contributed by atoms with van der Waals surface area (Å²) < 4.78 is 5.52. The maximum Gasteiger partial charge on any atom is 0.308 e. The second-order valence-electron chi connectivity index (χ2n) is 5.61. The van der Waals surface area contributed by atoms with Gasteiger partial charge in [-0.2, -0.15) is 0 Å². The molecular formula is C12H24O2Si. The fourth-order valence-electron chi connectivity index (χ4n) is 1.94. The lowest BCUT2D eigenvalue weighted by Crippen LogP contribution is -2.35. The average Bonchev–Trinajstić information content (AvgIpc) is 2.20. The fourth-order valence-corrected chi connectivity index (χ4v) is 4.39. The van der Waals surface area contributed by atoms with Crippen molar-refractivity contribution in [3.05, 3.63) is 0 Å². The van der Waals surface area contributed by atoms with Crippen LogP contribution in [0.2, 0.25) is 25.2 Å². The first-order valence-electron chi connectivity index (χ1n) is 6.15. The van der Waals surface area contributed by atoms with E-state index in [0.717, 1.165) is 19.3 Å². The lowest BCUT2D eigenvalue weighted by atomic mass is 10.1. The first-order valence-corrected chi connectivity index (χ1v) is 9.56. The van der Waals surface area contributed by atoms with Gasteiger partial charge in [0, 0.05) is 8.07 Å². The molecule has 15 heavy (non-hydrogen) atoms. The van der Waals surface area contributed by atoms with Crippen LogP contribution in [0.15, 0.2) is 0 Å². The summed E-state index contributed by atoms with van der Waals surface area (Å²) in [6.07, 6.45) is 3.29. The Balaban J connectivity index is 2.33. The zero-order chi connectivity index (χ0) is 11.5. The van der Waals surface area contributed by atoms with Gasteiger partial charge in [-0.1, -0.05) is 39.0 Å². The van der Waals surface area contributed by atoms with Crippen LogP contribution in [0.4, 0.5) is 0 Å². The molecule has 2 nitrogen and oxygen atoms in total. The van der Waals surface area contributed by atoms with Crippen molar-refractivity contribution in [1.82, 2.24) is 0 Å². The highest BCUT2D eigenvalue weighted by atomic mass is 28.3. The monoisotopic (exact) mass is 228 g/mol. The van der Waals surface area contributed by atoms with E-state index in [1.807, 2.05) is 13.8 Å². The summed E-state index contributed by atoms with van der Waals surface area (Å²) in [5, 5.41) is 0. The molecule has 1 fully saturated rings. The highest BCUT2D eigenvalue weighted by Gasteiger charge is 2.30. The second kappa shape index (κ2) is 5.15. The first-order chi connectivity index (χ1) is 6.94. The zero-order valence-electron chi connectivity index (χ0n) is 10.5. The molecule has 1 rings (SSSR count). The van der Waals surface area contributed by atoms with Gasteiger partial charge in [-0.15, -0.1) is 0 Å².